The summed E-state index contributed by atoms with van der Waals surface area (Å²) in [6.45, 7) is 1.89. The van der Waals surface area contributed by atoms with Gasteiger partial charge in [-0.2, -0.15) is 5.26 Å². The number of nitrogens with zero attached hydrogens (tertiary/aromatic N) is 1. The van der Waals surface area contributed by atoms with Crippen molar-refractivity contribution in [3.63, 3.8) is 0 Å². The molecule has 0 amide bonds. The maximum absolute atomic E-state index is 12.7. The molecule has 0 bridgehead atoms. The maximum Gasteiger partial charge on any atom is 0.213 e. The summed E-state index contributed by atoms with van der Waals surface area (Å²) in [5.41, 5.74) is 1.84. The number of Topliss-reactive ketones (excluding diaryl/α,β-unsaturated/α-hetero) is 1. The van der Waals surface area contributed by atoms with E-state index in [4.69, 9.17) is 11.6 Å². The lowest BCUT2D eigenvalue weighted by atomic mass is 10.0. The largest absolute Gasteiger partial charge is 0.287 e. The molecule has 0 saturated carbocycles. The van der Waals surface area contributed by atoms with Crippen LogP contribution in [0.3, 0.4) is 0 Å². The van der Waals surface area contributed by atoms with Gasteiger partial charge in [0.1, 0.15) is 11.6 Å². The topological polar surface area (TPSA) is 40.9 Å². The van der Waals surface area contributed by atoms with E-state index in [1.165, 1.54) is 11.3 Å². The molecule has 2 nitrogen and oxygen atoms in total. The van der Waals surface area contributed by atoms with Gasteiger partial charge in [0.25, 0.3) is 0 Å². The number of hydrogen-bond acceptors (Lipinski definition) is 3. The molecule has 0 saturated heterocycles. The summed E-state index contributed by atoms with van der Waals surface area (Å²) in [5.74, 6) is -0.244. The first kappa shape index (κ1) is 15.5. The van der Waals surface area contributed by atoms with Crippen LogP contribution in [0.5, 0.6) is 0 Å². The van der Waals surface area contributed by atoms with Crippen LogP contribution in [0.2, 0.25) is 5.02 Å². The Kier molecular flexibility index (Phi) is 4.29. The lowest BCUT2D eigenvalue weighted by Gasteiger charge is -1.99. The highest BCUT2D eigenvalue weighted by atomic mass is 35.5. The summed E-state index contributed by atoms with van der Waals surface area (Å²) in [6, 6.07) is 17.0. The molecule has 0 spiro atoms. The Bertz CT molecular complexity index is 964. The van der Waals surface area contributed by atoms with Gasteiger partial charge in [-0.1, -0.05) is 41.9 Å². The van der Waals surface area contributed by atoms with Crippen molar-refractivity contribution in [2.45, 2.75) is 6.92 Å². The minimum absolute atomic E-state index is 0.136. The van der Waals surface area contributed by atoms with Gasteiger partial charge in [-0.05, 0) is 47.7 Å². The zero-order valence-electron chi connectivity index (χ0n) is 12.3. The Morgan fingerprint density at radius 3 is 2.65 bits per heavy atom. The standard InChI is InChI=1S/C19H12ClNOS/c1-12-16-10-15(20)7-8-17(16)23-19(12)18(22)14(11-21)9-13-5-3-2-4-6-13/h2-10H,1H3. The third-order valence-electron chi connectivity index (χ3n) is 3.58. The molecule has 0 unspecified atom stereocenters. The predicted molar refractivity (Wildman–Crippen MR) is 95.9 cm³/mol. The van der Waals surface area contributed by atoms with Crippen molar-refractivity contribution in [2.75, 3.05) is 0 Å². The summed E-state index contributed by atoms with van der Waals surface area (Å²) in [4.78, 5) is 13.3. The number of thiophene rings is 1. The minimum atomic E-state index is -0.244. The normalized spacial score (nSPS) is 11.4. The van der Waals surface area contributed by atoms with Crippen LogP contribution in [0.25, 0.3) is 16.2 Å². The average Bonchev–Trinajstić information content (AvgIpc) is 2.89. The molecule has 1 heterocycles. The van der Waals surface area contributed by atoms with E-state index >= 15 is 0 Å². The SMILES string of the molecule is Cc1c(C(=O)C(C#N)=Cc2ccccc2)sc2ccc(Cl)cc12. The molecule has 2 aromatic carbocycles. The number of ketones is 1. The van der Waals surface area contributed by atoms with Gasteiger partial charge in [0, 0.05) is 9.72 Å². The lowest BCUT2D eigenvalue weighted by molar-refractivity contribution is 0.104. The van der Waals surface area contributed by atoms with Crippen LogP contribution in [0.1, 0.15) is 20.8 Å². The lowest BCUT2D eigenvalue weighted by Crippen LogP contribution is -2.01. The summed E-state index contributed by atoms with van der Waals surface area (Å²) < 4.78 is 0.993. The quantitative estimate of drug-likeness (QED) is 0.352. The van der Waals surface area contributed by atoms with Crippen LogP contribution in [-0.2, 0) is 0 Å². The first-order valence-electron chi connectivity index (χ1n) is 7.00. The van der Waals surface area contributed by atoms with Crippen LogP contribution >= 0.6 is 22.9 Å². The van der Waals surface area contributed by atoms with Gasteiger partial charge in [-0.3, -0.25) is 4.79 Å². The van der Waals surface area contributed by atoms with Gasteiger partial charge in [0.05, 0.1) is 4.88 Å². The van der Waals surface area contributed by atoms with Crippen LogP contribution in [-0.4, -0.2) is 5.78 Å². The van der Waals surface area contributed by atoms with Crippen molar-refractivity contribution in [1.82, 2.24) is 0 Å². The fourth-order valence-electron chi connectivity index (χ4n) is 2.40. The third kappa shape index (κ3) is 3.05. The minimum Gasteiger partial charge on any atom is -0.287 e. The van der Waals surface area contributed by atoms with Gasteiger partial charge in [-0.15, -0.1) is 11.3 Å². The molecule has 0 fully saturated rings. The molecule has 23 heavy (non-hydrogen) atoms. The van der Waals surface area contributed by atoms with Crippen molar-refractivity contribution in [1.29, 1.82) is 5.26 Å². The van der Waals surface area contributed by atoms with E-state index in [-0.39, 0.29) is 11.4 Å². The van der Waals surface area contributed by atoms with Gasteiger partial charge >= 0.3 is 0 Å². The molecule has 0 atom stereocenters. The second-order valence-electron chi connectivity index (χ2n) is 5.11. The number of carbonyl (C=O) groups is 1. The highest BCUT2D eigenvalue weighted by Gasteiger charge is 2.19. The Balaban J connectivity index is 2.07. The predicted octanol–water partition coefficient (Wildman–Crippen LogP) is 5.65. The molecule has 3 aromatic rings. The van der Waals surface area contributed by atoms with E-state index in [1.807, 2.05) is 55.5 Å². The van der Waals surface area contributed by atoms with E-state index in [0.717, 1.165) is 21.2 Å². The molecule has 0 aliphatic heterocycles. The number of fused-ring (bicyclic) bond motifs is 1. The van der Waals surface area contributed by atoms with E-state index < -0.39 is 0 Å². The maximum atomic E-state index is 12.7. The van der Waals surface area contributed by atoms with Crippen LogP contribution in [0, 0.1) is 18.3 Å². The molecule has 0 N–H and O–H groups in total. The van der Waals surface area contributed by atoms with Gasteiger partial charge in [-0.25, -0.2) is 0 Å². The van der Waals surface area contributed by atoms with E-state index in [2.05, 4.69) is 0 Å². The van der Waals surface area contributed by atoms with Crippen LogP contribution in [0.15, 0.2) is 54.1 Å². The fourth-order valence-corrected chi connectivity index (χ4v) is 3.71. The summed E-state index contributed by atoms with van der Waals surface area (Å²) in [5, 5.41) is 11.0. The number of hydrogen-bond donors (Lipinski definition) is 0. The molecule has 0 radical (unpaired) electrons. The monoisotopic (exact) mass is 337 g/mol. The highest BCUT2D eigenvalue weighted by Crippen LogP contribution is 2.34. The van der Waals surface area contributed by atoms with Crippen molar-refractivity contribution in [3.05, 3.63) is 75.1 Å². The Hall–Kier alpha value is -2.41. The van der Waals surface area contributed by atoms with E-state index in [1.54, 1.807) is 12.1 Å². The number of nitriles is 1. The number of allylic oxidation sites excluding steroid dienone is 1. The molecule has 1 aromatic heterocycles. The smallest absolute Gasteiger partial charge is 0.213 e. The van der Waals surface area contributed by atoms with Gasteiger partial charge < -0.3 is 0 Å². The summed E-state index contributed by atoms with van der Waals surface area (Å²) >= 11 is 7.43. The highest BCUT2D eigenvalue weighted by molar-refractivity contribution is 7.21. The Morgan fingerprint density at radius 2 is 1.96 bits per heavy atom. The van der Waals surface area contributed by atoms with Crippen molar-refractivity contribution >= 4 is 44.9 Å². The molecule has 112 valence electrons. The number of rotatable bonds is 3. The van der Waals surface area contributed by atoms with Crippen molar-refractivity contribution in [2.24, 2.45) is 0 Å². The number of aryl methyl sites for hydroxylation is 1. The molecule has 3 rings (SSSR count). The van der Waals surface area contributed by atoms with E-state index in [9.17, 15) is 10.1 Å². The average molecular weight is 338 g/mol. The molecular weight excluding hydrogens is 326 g/mol. The number of carbonyl (C=O) groups excluding carboxylic acids is 1. The zero-order valence-corrected chi connectivity index (χ0v) is 13.9. The van der Waals surface area contributed by atoms with Crippen LogP contribution < -0.4 is 0 Å². The fraction of sp³-hybridized carbons (Fsp3) is 0.0526. The first-order valence-corrected chi connectivity index (χ1v) is 8.20. The molecular formula is C19H12ClNOS. The molecule has 4 heteroatoms. The number of benzene rings is 2. The van der Waals surface area contributed by atoms with Gasteiger partial charge in [0.2, 0.25) is 5.78 Å². The van der Waals surface area contributed by atoms with Gasteiger partial charge in [0.15, 0.2) is 0 Å². The first-order chi connectivity index (χ1) is 11.1. The zero-order chi connectivity index (χ0) is 16.4. The second-order valence-corrected chi connectivity index (χ2v) is 6.59. The van der Waals surface area contributed by atoms with E-state index in [0.29, 0.717) is 9.90 Å². The van der Waals surface area contributed by atoms with Crippen LogP contribution in [0.4, 0.5) is 0 Å². The Labute approximate surface area is 143 Å². The van der Waals surface area contributed by atoms with Crippen molar-refractivity contribution < 1.29 is 4.79 Å². The summed E-state index contributed by atoms with van der Waals surface area (Å²) in [6.07, 6.45) is 1.62. The number of halogens is 1. The molecule has 0 aliphatic carbocycles. The van der Waals surface area contributed by atoms with Crippen molar-refractivity contribution in [3.8, 4) is 6.07 Å². The second kappa shape index (κ2) is 6.37. The summed E-state index contributed by atoms with van der Waals surface area (Å²) in [7, 11) is 0. The Morgan fingerprint density at radius 1 is 1.22 bits per heavy atom. The molecule has 0 aliphatic rings. The third-order valence-corrected chi connectivity index (χ3v) is 5.09.